The third-order valence-electron chi connectivity index (χ3n) is 3.08. The molecule has 0 fully saturated rings. The highest BCUT2D eigenvalue weighted by Gasteiger charge is 1.99. The lowest BCUT2D eigenvalue weighted by Crippen LogP contribution is -1.98. The predicted octanol–water partition coefficient (Wildman–Crippen LogP) is 3.25. The first-order chi connectivity index (χ1) is 11.3. The van der Waals surface area contributed by atoms with Crippen LogP contribution in [0.15, 0.2) is 69.9 Å². The lowest BCUT2D eigenvalue weighted by atomic mass is 10.2. The Balaban J connectivity index is 1.52. The van der Waals surface area contributed by atoms with Gasteiger partial charge in [0.1, 0.15) is 30.3 Å². The molecular formula is C19H14O4. The lowest BCUT2D eigenvalue weighted by Gasteiger charge is -2.03. The van der Waals surface area contributed by atoms with Crippen molar-refractivity contribution in [3.05, 3.63) is 71.1 Å². The smallest absolute Gasteiger partial charge is 0.336 e. The molecule has 0 spiro atoms. The highest BCUT2D eigenvalue weighted by molar-refractivity contribution is 5.77. The molecule has 4 heteroatoms. The molecule has 114 valence electrons. The van der Waals surface area contributed by atoms with E-state index in [4.69, 9.17) is 13.9 Å². The van der Waals surface area contributed by atoms with Crippen LogP contribution >= 0.6 is 0 Å². The third kappa shape index (κ3) is 4.14. The second kappa shape index (κ2) is 7.19. The summed E-state index contributed by atoms with van der Waals surface area (Å²) in [6.07, 6.45) is 0. The van der Waals surface area contributed by atoms with E-state index in [1.54, 1.807) is 24.3 Å². The molecule has 0 unspecified atom stereocenters. The number of hydrogen-bond acceptors (Lipinski definition) is 4. The number of ether oxygens (including phenoxy) is 2. The fourth-order valence-corrected chi connectivity index (χ4v) is 2.00. The van der Waals surface area contributed by atoms with Crippen LogP contribution in [0.4, 0.5) is 0 Å². The van der Waals surface area contributed by atoms with Gasteiger partial charge in [0.05, 0.1) is 0 Å². The number of benzene rings is 2. The van der Waals surface area contributed by atoms with Gasteiger partial charge in [-0.25, -0.2) is 4.79 Å². The third-order valence-corrected chi connectivity index (χ3v) is 3.08. The minimum absolute atomic E-state index is 0.264. The standard InChI is InChI=1S/C19H14O4/c20-19-11-8-15-14-17(9-10-18(15)23-19)22-13-5-4-12-21-16-6-2-1-3-7-16/h1-3,6-11,14H,12-13H2. The minimum atomic E-state index is -0.365. The Hall–Kier alpha value is -3.19. The molecule has 4 nitrogen and oxygen atoms in total. The molecule has 2 aromatic carbocycles. The van der Waals surface area contributed by atoms with Crippen molar-refractivity contribution in [2.24, 2.45) is 0 Å². The Bertz CT molecular complexity index is 901. The molecule has 0 aliphatic carbocycles. The second-order valence-corrected chi connectivity index (χ2v) is 4.70. The van der Waals surface area contributed by atoms with Crippen LogP contribution in [0.5, 0.6) is 11.5 Å². The highest BCUT2D eigenvalue weighted by Crippen LogP contribution is 2.19. The molecule has 1 aromatic heterocycles. The summed E-state index contributed by atoms with van der Waals surface area (Å²) in [5.74, 6) is 7.24. The number of hydrogen-bond donors (Lipinski definition) is 0. The fourth-order valence-electron chi connectivity index (χ4n) is 2.00. The van der Waals surface area contributed by atoms with Crippen LogP contribution in [0, 0.1) is 11.8 Å². The molecule has 23 heavy (non-hydrogen) atoms. The Morgan fingerprint density at radius 2 is 1.57 bits per heavy atom. The van der Waals surface area contributed by atoms with Crippen molar-refractivity contribution in [3.8, 4) is 23.3 Å². The summed E-state index contributed by atoms with van der Waals surface area (Å²) in [6.45, 7) is 0.580. The van der Waals surface area contributed by atoms with E-state index in [0.29, 0.717) is 17.9 Å². The number of rotatable bonds is 4. The zero-order chi connectivity index (χ0) is 15.9. The van der Waals surface area contributed by atoms with E-state index in [1.165, 1.54) is 6.07 Å². The summed E-state index contributed by atoms with van der Waals surface area (Å²) in [7, 11) is 0. The van der Waals surface area contributed by atoms with Gasteiger partial charge in [0.25, 0.3) is 0 Å². The van der Waals surface area contributed by atoms with E-state index in [0.717, 1.165) is 11.1 Å². The Morgan fingerprint density at radius 3 is 2.35 bits per heavy atom. The molecule has 0 radical (unpaired) electrons. The zero-order valence-corrected chi connectivity index (χ0v) is 12.3. The van der Waals surface area contributed by atoms with Gasteiger partial charge in [-0.15, -0.1) is 0 Å². The van der Waals surface area contributed by atoms with Gasteiger partial charge in [0, 0.05) is 11.5 Å². The van der Waals surface area contributed by atoms with E-state index in [2.05, 4.69) is 11.8 Å². The maximum atomic E-state index is 11.1. The van der Waals surface area contributed by atoms with Gasteiger partial charge in [0.2, 0.25) is 0 Å². The topological polar surface area (TPSA) is 48.7 Å². The quantitative estimate of drug-likeness (QED) is 0.548. The van der Waals surface area contributed by atoms with Gasteiger partial charge in [-0.05, 0) is 36.4 Å². The molecule has 0 saturated carbocycles. The summed E-state index contributed by atoms with van der Waals surface area (Å²) in [4.78, 5) is 11.1. The molecule has 0 amide bonds. The predicted molar refractivity (Wildman–Crippen MR) is 87.7 cm³/mol. The van der Waals surface area contributed by atoms with Gasteiger partial charge < -0.3 is 13.9 Å². The SMILES string of the molecule is O=c1ccc2cc(OCC#CCOc3ccccc3)ccc2o1. The van der Waals surface area contributed by atoms with Crippen molar-refractivity contribution in [3.63, 3.8) is 0 Å². The molecule has 3 rings (SSSR count). The van der Waals surface area contributed by atoms with Crippen molar-refractivity contribution in [2.45, 2.75) is 0 Å². The van der Waals surface area contributed by atoms with E-state index in [1.807, 2.05) is 30.3 Å². The number of para-hydroxylation sites is 1. The van der Waals surface area contributed by atoms with Crippen LogP contribution < -0.4 is 15.1 Å². The molecule has 0 aliphatic rings. The van der Waals surface area contributed by atoms with Crippen LogP contribution in [0.2, 0.25) is 0 Å². The van der Waals surface area contributed by atoms with Gasteiger partial charge in [0.15, 0.2) is 0 Å². The summed E-state index contributed by atoms with van der Waals surface area (Å²) in [5, 5.41) is 0.808. The average molecular weight is 306 g/mol. The summed E-state index contributed by atoms with van der Waals surface area (Å²) in [6, 6.07) is 17.9. The first kappa shape index (κ1) is 14.7. The molecule has 1 heterocycles. The van der Waals surface area contributed by atoms with Crippen molar-refractivity contribution in [1.29, 1.82) is 0 Å². The highest BCUT2D eigenvalue weighted by atomic mass is 16.5. The van der Waals surface area contributed by atoms with Crippen LogP contribution in [0.3, 0.4) is 0 Å². The Labute approximate surface area is 133 Å². The first-order valence-corrected chi connectivity index (χ1v) is 7.11. The van der Waals surface area contributed by atoms with Crippen LogP contribution in [-0.2, 0) is 0 Å². The van der Waals surface area contributed by atoms with Crippen LogP contribution in [-0.4, -0.2) is 13.2 Å². The molecule has 0 saturated heterocycles. The van der Waals surface area contributed by atoms with E-state index in [-0.39, 0.29) is 12.2 Å². The van der Waals surface area contributed by atoms with Crippen molar-refractivity contribution in [1.82, 2.24) is 0 Å². The van der Waals surface area contributed by atoms with Crippen LogP contribution in [0.1, 0.15) is 0 Å². The molecule has 0 bridgehead atoms. The summed E-state index contributed by atoms with van der Waals surface area (Å²) < 4.78 is 16.1. The monoisotopic (exact) mass is 306 g/mol. The van der Waals surface area contributed by atoms with Crippen molar-refractivity contribution < 1.29 is 13.9 Å². The fraction of sp³-hybridized carbons (Fsp3) is 0.105. The van der Waals surface area contributed by atoms with Gasteiger partial charge in [-0.1, -0.05) is 30.0 Å². The van der Waals surface area contributed by atoms with Crippen molar-refractivity contribution >= 4 is 11.0 Å². The van der Waals surface area contributed by atoms with Gasteiger partial charge in [-0.2, -0.15) is 0 Å². The lowest BCUT2D eigenvalue weighted by molar-refractivity contribution is 0.362. The van der Waals surface area contributed by atoms with Crippen molar-refractivity contribution in [2.75, 3.05) is 13.2 Å². The first-order valence-electron chi connectivity index (χ1n) is 7.11. The molecule has 3 aromatic rings. The van der Waals surface area contributed by atoms with E-state index < -0.39 is 0 Å². The number of fused-ring (bicyclic) bond motifs is 1. The largest absolute Gasteiger partial charge is 0.481 e. The zero-order valence-electron chi connectivity index (χ0n) is 12.3. The Kier molecular flexibility index (Phi) is 4.61. The maximum absolute atomic E-state index is 11.1. The normalized spacial score (nSPS) is 9.91. The van der Waals surface area contributed by atoms with E-state index >= 15 is 0 Å². The van der Waals surface area contributed by atoms with Crippen LogP contribution in [0.25, 0.3) is 11.0 Å². The molecule has 0 aliphatic heterocycles. The average Bonchev–Trinajstić information content (AvgIpc) is 2.59. The second-order valence-electron chi connectivity index (χ2n) is 4.70. The Morgan fingerprint density at radius 1 is 0.826 bits per heavy atom. The van der Waals surface area contributed by atoms with E-state index in [9.17, 15) is 4.79 Å². The summed E-state index contributed by atoms with van der Waals surface area (Å²) >= 11 is 0. The molecular weight excluding hydrogens is 292 g/mol. The van der Waals surface area contributed by atoms with Gasteiger partial charge in [-0.3, -0.25) is 0 Å². The summed E-state index contributed by atoms with van der Waals surface area (Å²) in [5.41, 5.74) is 0.169. The minimum Gasteiger partial charge on any atom is -0.481 e. The molecule has 0 atom stereocenters. The maximum Gasteiger partial charge on any atom is 0.336 e. The van der Waals surface area contributed by atoms with Gasteiger partial charge >= 0.3 is 5.63 Å². The molecule has 0 N–H and O–H groups in total.